The van der Waals surface area contributed by atoms with E-state index in [1.807, 2.05) is 30.5 Å². The van der Waals surface area contributed by atoms with Crippen LogP contribution >= 0.6 is 0 Å². The lowest BCUT2D eigenvalue weighted by Crippen LogP contribution is -2.44. The third-order valence-corrected chi connectivity index (χ3v) is 6.22. The van der Waals surface area contributed by atoms with Crippen molar-refractivity contribution >= 4 is 34.7 Å². The van der Waals surface area contributed by atoms with Gasteiger partial charge in [-0.3, -0.25) is 19.2 Å². The number of carbonyl (C=O) groups excluding carboxylic acids is 4. The molecule has 2 rings (SSSR count). The van der Waals surface area contributed by atoms with Gasteiger partial charge in [0.2, 0.25) is 11.8 Å². The topological polar surface area (TPSA) is 147 Å². The minimum atomic E-state index is -0.782. The van der Waals surface area contributed by atoms with Gasteiger partial charge in [-0.2, -0.15) is 0 Å². The van der Waals surface area contributed by atoms with Crippen LogP contribution in [0.1, 0.15) is 52.0 Å². The molecule has 0 saturated heterocycles. The summed E-state index contributed by atoms with van der Waals surface area (Å²) in [6.45, 7) is 12.4. The lowest BCUT2D eigenvalue weighted by Gasteiger charge is -2.24. The van der Waals surface area contributed by atoms with Gasteiger partial charge in [0.25, 0.3) is 0 Å². The zero-order valence-electron chi connectivity index (χ0n) is 24.2. The van der Waals surface area contributed by atoms with Crippen molar-refractivity contribution < 1.29 is 33.8 Å². The normalized spacial score (nSPS) is 13.5. The average molecular weight is 570 g/mol. The Balaban J connectivity index is 2.19. The second-order valence-electron chi connectivity index (χ2n) is 10.9. The van der Waals surface area contributed by atoms with Crippen molar-refractivity contribution in [2.24, 2.45) is 11.8 Å². The van der Waals surface area contributed by atoms with E-state index in [2.05, 4.69) is 28.8 Å². The third-order valence-electron chi connectivity index (χ3n) is 6.22. The third kappa shape index (κ3) is 11.6. The maximum Gasteiger partial charge on any atom is 0.309 e. The number of nitrogens with one attached hydrogen (secondary N) is 3. The summed E-state index contributed by atoms with van der Waals surface area (Å²) in [4.78, 5) is 54.2. The van der Waals surface area contributed by atoms with Crippen LogP contribution in [-0.2, 0) is 35.1 Å². The SMILES string of the molecule is C=CC[C@@H](CC(=O)NCCO)C(=O)N[C@@H](COC(=O)[C@@H](CC=C)CC(=O)OC(C)(C)C)Cc1c[nH]c2ccccc12. The molecule has 0 bridgehead atoms. The standard InChI is InChI=1S/C31H43N3O7/c1-6-10-21(17-27(36)32-14-15-35)29(38)34-24(16-23-19-33-26-13-9-8-12-25(23)26)20-40-30(39)22(11-7-2)18-28(37)41-31(3,4)5/h6-9,12-13,19,21-22,24,33,35H,1-2,10-11,14-18,20H2,3-5H3,(H,32,36)(H,34,38)/t21-,22-,24+/m0/s1. The molecule has 2 amide bonds. The van der Waals surface area contributed by atoms with Gasteiger partial charge in [0.1, 0.15) is 12.2 Å². The maximum atomic E-state index is 13.3. The molecule has 0 aliphatic carbocycles. The first-order valence-electron chi connectivity index (χ1n) is 13.8. The Morgan fingerprint density at radius 1 is 1.05 bits per heavy atom. The molecule has 1 aromatic heterocycles. The van der Waals surface area contributed by atoms with Crippen molar-refractivity contribution in [3.63, 3.8) is 0 Å². The molecular weight excluding hydrogens is 526 g/mol. The minimum absolute atomic E-state index is 0.0885. The molecule has 10 heteroatoms. The van der Waals surface area contributed by atoms with E-state index in [1.54, 1.807) is 32.9 Å². The predicted octanol–water partition coefficient (Wildman–Crippen LogP) is 3.35. The zero-order valence-corrected chi connectivity index (χ0v) is 24.2. The highest BCUT2D eigenvalue weighted by atomic mass is 16.6. The van der Waals surface area contributed by atoms with E-state index >= 15 is 0 Å². The van der Waals surface area contributed by atoms with Gasteiger partial charge < -0.3 is 30.2 Å². The Morgan fingerprint density at radius 3 is 2.39 bits per heavy atom. The Labute approximate surface area is 241 Å². The van der Waals surface area contributed by atoms with Crippen molar-refractivity contribution in [2.45, 2.75) is 64.5 Å². The first-order chi connectivity index (χ1) is 19.5. The van der Waals surface area contributed by atoms with Gasteiger partial charge in [0.05, 0.1) is 30.9 Å². The van der Waals surface area contributed by atoms with Gasteiger partial charge >= 0.3 is 11.9 Å². The Hall–Kier alpha value is -3.92. The number of aliphatic hydroxyl groups excluding tert-OH is 1. The molecule has 3 atom stereocenters. The van der Waals surface area contributed by atoms with E-state index in [0.717, 1.165) is 16.5 Å². The van der Waals surface area contributed by atoms with E-state index in [1.165, 1.54) is 0 Å². The number of aromatic nitrogens is 1. The van der Waals surface area contributed by atoms with Gasteiger partial charge in [0.15, 0.2) is 0 Å². The van der Waals surface area contributed by atoms with E-state index in [4.69, 9.17) is 14.6 Å². The first-order valence-corrected chi connectivity index (χ1v) is 13.8. The number of aliphatic hydroxyl groups is 1. The lowest BCUT2D eigenvalue weighted by atomic mass is 9.98. The maximum absolute atomic E-state index is 13.3. The predicted molar refractivity (Wildman–Crippen MR) is 157 cm³/mol. The van der Waals surface area contributed by atoms with Gasteiger partial charge in [-0.25, -0.2) is 0 Å². The summed E-state index contributed by atoms with van der Waals surface area (Å²) in [6.07, 6.45) is 5.53. The molecule has 0 aliphatic heterocycles. The number of hydrogen-bond acceptors (Lipinski definition) is 7. The Bertz CT molecular complexity index is 1200. The van der Waals surface area contributed by atoms with E-state index < -0.39 is 35.4 Å². The van der Waals surface area contributed by atoms with E-state index in [-0.39, 0.29) is 57.3 Å². The molecule has 0 spiro atoms. The molecule has 0 saturated carbocycles. The van der Waals surface area contributed by atoms with E-state index in [0.29, 0.717) is 6.42 Å². The van der Waals surface area contributed by atoms with Gasteiger partial charge in [-0.15, -0.1) is 13.2 Å². The van der Waals surface area contributed by atoms with Crippen LogP contribution in [0.2, 0.25) is 0 Å². The van der Waals surface area contributed by atoms with Crippen LogP contribution < -0.4 is 10.6 Å². The lowest BCUT2D eigenvalue weighted by molar-refractivity contribution is -0.161. The van der Waals surface area contributed by atoms with Crippen LogP contribution in [0.5, 0.6) is 0 Å². The molecule has 0 unspecified atom stereocenters. The Morgan fingerprint density at radius 2 is 1.73 bits per heavy atom. The van der Waals surface area contributed by atoms with E-state index in [9.17, 15) is 19.2 Å². The molecule has 2 aromatic rings. The molecule has 0 radical (unpaired) electrons. The molecule has 0 fully saturated rings. The first kappa shape index (κ1) is 33.3. The van der Waals surface area contributed by atoms with Gasteiger partial charge in [-0.1, -0.05) is 30.4 Å². The fraction of sp³-hybridized carbons (Fsp3) is 0.484. The smallest absolute Gasteiger partial charge is 0.309 e. The number of H-pyrrole nitrogens is 1. The quantitative estimate of drug-likeness (QED) is 0.169. The molecule has 1 aromatic carbocycles. The van der Waals surface area contributed by atoms with Crippen LogP contribution in [0.3, 0.4) is 0 Å². The van der Waals surface area contributed by atoms with Crippen molar-refractivity contribution in [3.05, 3.63) is 61.3 Å². The van der Waals surface area contributed by atoms with Crippen LogP contribution in [0.25, 0.3) is 10.9 Å². The largest absolute Gasteiger partial charge is 0.463 e. The fourth-order valence-electron chi connectivity index (χ4n) is 4.36. The molecule has 41 heavy (non-hydrogen) atoms. The second-order valence-corrected chi connectivity index (χ2v) is 10.9. The Kier molecular flexibility index (Phi) is 13.3. The van der Waals surface area contributed by atoms with Crippen LogP contribution in [-0.4, -0.2) is 65.2 Å². The van der Waals surface area contributed by atoms with Crippen LogP contribution in [0.15, 0.2) is 55.8 Å². The number of esters is 2. The summed E-state index contributed by atoms with van der Waals surface area (Å²) >= 11 is 0. The summed E-state index contributed by atoms with van der Waals surface area (Å²) in [5.41, 5.74) is 1.16. The summed E-state index contributed by atoms with van der Waals surface area (Å²) in [6, 6.07) is 7.10. The molecular formula is C31H43N3O7. The number of fused-ring (bicyclic) bond motifs is 1. The fourth-order valence-corrected chi connectivity index (χ4v) is 4.36. The van der Waals surface area contributed by atoms with Crippen LogP contribution in [0, 0.1) is 11.8 Å². The monoisotopic (exact) mass is 569 g/mol. The van der Waals surface area contributed by atoms with Crippen LogP contribution in [0.4, 0.5) is 0 Å². The number of ether oxygens (including phenoxy) is 2. The molecule has 224 valence electrons. The van der Waals surface area contributed by atoms with Crippen molar-refractivity contribution in [3.8, 4) is 0 Å². The number of aromatic amines is 1. The highest BCUT2D eigenvalue weighted by Crippen LogP contribution is 2.21. The molecule has 10 nitrogen and oxygen atoms in total. The number of rotatable bonds is 17. The summed E-state index contributed by atoms with van der Waals surface area (Å²) in [5.74, 6) is -3.35. The molecule has 4 N–H and O–H groups in total. The number of hydrogen-bond donors (Lipinski definition) is 4. The number of benzene rings is 1. The van der Waals surface area contributed by atoms with Crippen molar-refractivity contribution in [2.75, 3.05) is 19.8 Å². The molecule has 0 aliphatic rings. The summed E-state index contributed by atoms with van der Waals surface area (Å²) in [7, 11) is 0. The highest BCUT2D eigenvalue weighted by Gasteiger charge is 2.28. The molecule has 1 heterocycles. The zero-order chi connectivity index (χ0) is 30.4. The number of carbonyl (C=O) groups is 4. The minimum Gasteiger partial charge on any atom is -0.463 e. The second kappa shape index (κ2) is 16.4. The van der Waals surface area contributed by atoms with Crippen molar-refractivity contribution in [1.82, 2.24) is 15.6 Å². The van der Waals surface area contributed by atoms with Crippen molar-refractivity contribution in [1.29, 1.82) is 0 Å². The highest BCUT2D eigenvalue weighted by molar-refractivity contribution is 5.86. The number of allylic oxidation sites excluding steroid dienone is 2. The average Bonchev–Trinajstić information content (AvgIpc) is 3.31. The van der Waals surface area contributed by atoms with Gasteiger partial charge in [-0.05, 0) is 51.7 Å². The summed E-state index contributed by atoms with van der Waals surface area (Å²) in [5, 5.41) is 15.4. The number of para-hydroxylation sites is 1. The van der Waals surface area contributed by atoms with Gasteiger partial charge in [0, 0.05) is 30.1 Å². The summed E-state index contributed by atoms with van der Waals surface area (Å²) < 4.78 is 11.0. The number of amides is 2.